The molecular weight excluding hydrogens is 368 g/mol. The van der Waals surface area contributed by atoms with Crippen LogP contribution in [-0.2, 0) is 12.0 Å². The second-order valence-electron chi connectivity index (χ2n) is 6.61. The lowest BCUT2D eigenvalue weighted by atomic mass is 9.85. The number of aromatic nitrogens is 2. The number of benzene rings is 1. The lowest BCUT2D eigenvalue weighted by Crippen LogP contribution is -2.29. The van der Waals surface area contributed by atoms with E-state index in [0.29, 0.717) is 17.3 Å². The Morgan fingerprint density at radius 3 is 2.69 bits per heavy atom. The summed E-state index contributed by atoms with van der Waals surface area (Å²) in [5.74, 6) is 0.919. The first-order chi connectivity index (χ1) is 11.9. The van der Waals surface area contributed by atoms with Crippen LogP contribution in [0, 0.1) is 13.8 Å². The van der Waals surface area contributed by atoms with Crippen LogP contribution in [0.4, 0.5) is 0 Å². The number of aliphatic imine (C=N–C) groups is 1. The minimum Gasteiger partial charge on any atom is -0.379 e. The standard InChI is InChI=1S/C19H22N4OS.ClH/c1-12-4-5-14(9-17(24)16-11-21-13(2)10-22-16)8-15(12)19(3)6-7-25-18(20)23-19;/h4-5,8,10-11H,6-7,9H2,1-3H3,(H2,20,23);1H. The lowest BCUT2D eigenvalue weighted by molar-refractivity contribution is 0.0987. The van der Waals surface area contributed by atoms with Gasteiger partial charge in [-0.25, -0.2) is 4.98 Å². The number of carbonyl (C=O) groups is 1. The van der Waals surface area contributed by atoms with Crippen LogP contribution in [0.1, 0.15) is 46.2 Å². The Kier molecular flexibility index (Phi) is 6.42. The topological polar surface area (TPSA) is 81.2 Å². The van der Waals surface area contributed by atoms with Gasteiger partial charge in [0.25, 0.3) is 0 Å². The molecule has 138 valence electrons. The normalized spacial score (nSPS) is 19.4. The maximum absolute atomic E-state index is 12.5. The first-order valence-electron chi connectivity index (χ1n) is 8.27. The summed E-state index contributed by atoms with van der Waals surface area (Å²) in [6, 6.07) is 6.13. The number of amidine groups is 1. The molecule has 1 aliphatic rings. The first kappa shape index (κ1) is 20.4. The number of halogens is 1. The van der Waals surface area contributed by atoms with Gasteiger partial charge in [0.2, 0.25) is 0 Å². The van der Waals surface area contributed by atoms with Crippen LogP contribution in [-0.4, -0.2) is 26.7 Å². The van der Waals surface area contributed by atoms with Gasteiger partial charge in [-0.3, -0.25) is 14.8 Å². The number of aryl methyl sites for hydroxylation is 2. The molecule has 0 radical (unpaired) electrons. The molecule has 5 nitrogen and oxygen atoms in total. The highest BCUT2D eigenvalue weighted by Crippen LogP contribution is 2.37. The van der Waals surface area contributed by atoms with Crippen molar-refractivity contribution in [3.05, 3.63) is 58.7 Å². The van der Waals surface area contributed by atoms with E-state index in [0.717, 1.165) is 34.6 Å². The van der Waals surface area contributed by atoms with Crippen LogP contribution >= 0.6 is 24.2 Å². The summed E-state index contributed by atoms with van der Waals surface area (Å²) < 4.78 is 0. The molecule has 1 aliphatic heterocycles. The zero-order chi connectivity index (χ0) is 18.0. The van der Waals surface area contributed by atoms with Crippen LogP contribution in [0.3, 0.4) is 0 Å². The highest BCUT2D eigenvalue weighted by atomic mass is 35.5. The Morgan fingerprint density at radius 1 is 1.27 bits per heavy atom. The van der Waals surface area contributed by atoms with Gasteiger partial charge < -0.3 is 5.73 Å². The highest BCUT2D eigenvalue weighted by Gasteiger charge is 2.31. The van der Waals surface area contributed by atoms with Crippen molar-refractivity contribution in [2.75, 3.05) is 5.75 Å². The molecule has 2 aromatic rings. The van der Waals surface area contributed by atoms with Crippen molar-refractivity contribution in [2.24, 2.45) is 10.7 Å². The number of ketones is 1. The molecule has 7 heteroatoms. The number of nitrogens with zero attached hydrogens (tertiary/aromatic N) is 3. The Morgan fingerprint density at radius 2 is 2.04 bits per heavy atom. The maximum atomic E-state index is 12.5. The van der Waals surface area contributed by atoms with Gasteiger partial charge in [-0.2, -0.15) is 0 Å². The SMILES string of the molecule is Cc1cnc(C(=O)Cc2ccc(C)c(C3(C)CCSC(N)=N3)c2)cn1.Cl. The summed E-state index contributed by atoms with van der Waals surface area (Å²) in [6.07, 6.45) is 4.39. The van der Waals surface area contributed by atoms with E-state index in [4.69, 9.17) is 5.73 Å². The van der Waals surface area contributed by atoms with Crippen LogP contribution in [0.25, 0.3) is 0 Å². The fourth-order valence-corrected chi connectivity index (χ4v) is 4.03. The minimum absolute atomic E-state index is 0. The third kappa shape index (κ3) is 4.43. The van der Waals surface area contributed by atoms with Crippen molar-refractivity contribution in [3.63, 3.8) is 0 Å². The van der Waals surface area contributed by atoms with Crippen molar-refractivity contribution >= 4 is 35.1 Å². The maximum Gasteiger partial charge on any atom is 0.187 e. The van der Waals surface area contributed by atoms with E-state index in [9.17, 15) is 4.79 Å². The number of hydrogen-bond donors (Lipinski definition) is 1. The third-order valence-corrected chi connectivity index (χ3v) is 5.30. The second kappa shape index (κ2) is 8.18. The predicted molar refractivity (Wildman–Crippen MR) is 109 cm³/mol. The van der Waals surface area contributed by atoms with Gasteiger partial charge in [0.15, 0.2) is 11.0 Å². The van der Waals surface area contributed by atoms with E-state index in [-0.39, 0.29) is 23.7 Å². The quantitative estimate of drug-likeness (QED) is 0.806. The molecule has 0 saturated heterocycles. The summed E-state index contributed by atoms with van der Waals surface area (Å²) in [6.45, 7) is 6.03. The van der Waals surface area contributed by atoms with Crippen molar-refractivity contribution < 1.29 is 4.79 Å². The van der Waals surface area contributed by atoms with Crippen molar-refractivity contribution in [1.82, 2.24) is 9.97 Å². The molecule has 0 bridgehead atoms. The number of nitrogens with two attached hydrogens (primary N) is 1. The summed E-state index contributed by atoms with van der Waals surface area (Å²) in [7, 11) is 0. The molecule has 0 spiro atoms. The van der Waals surface area contributed by atoms with E-state index >= 15 is 0 Å². The van der Waals surface area contributed by atoms with Crippen molar-refractivity contribution in [2.45, 2.75) is 39.2 Å². The Labute approximate surface area is 164 Å². The molecule has 1 atom stereocenters. The lowest BCUT2D eigenvalue weighted by Gasteiger charge is -2.31. The van der Waals surface area contributed by atoms with Gasteiger partial charge in [-0.1, -0.05) is 30.0 Å². The summed E-state index contributed by atoms with van der Waals surface area (Å²) in [5.41, 5.74) is 10.1. The molecule has 2 N–H and O–H groups in total. The van der Waals surface area contributed by atoms with Crippen LogP contribution in [0.15, 0.2) is 35.6 Å². The largest absolute Gasteiger partial charge is 0.379 e. The molecule has 0 amide bonds. The summed E-state index contributed by atoms with van der Waals surface area (Å²) >= 11 is 1.59. The van der Waals surface area contributed by atoms with Gasteiger partial charge in [-0.05, 0) is 43.9 Å². The second-order valence-corrected chi connectivity index (χ2v) is 7.73. The average Bonchev–Trinajstić information content (AvgIpc) is 2.57. The summed E-state index contributed by atoms with van der Waals surface area (Å²) in [5, 5.41) is 0.629. The zero-order valence-electron chi connectivity index (χ0n) is 15.2. The Hall–Kier alpha value is -1.92. The van der Waals surface area contributed by atoms with E-state index in [1.165, 1.54) is 6.20 Å². The summed E-state index contributed by atoms with van der Waals surface area (Å²) in [4.78, 5) is 25.5. The van der Waals surface area contributed by atoms with Gasteiger partial charge >= 0.3 is 0 Å². The molecular formula is C19H23ClN4OS. The molecule has 26 heavy (non-hydrogen) atoms. The van der Waals surface area contributed by atoms with Gasteiger partial charge in [0.05, 0.1) is 17.4 Å². The fourth-order valence-electron chi connectivity index (χ4n) is 3.05. The number of Topliss-reactive ketones (excluding diaryl/α,β-unsaturated/α-hetero) is 1. The van der Waals surface area contributed by atoms with Gasteiger partial charge in [-0.15, -0.1) is 12.4 Å². The zero-order valence-corrected chi connectivity index (χ0v) is 16.8. The van der Waals surface area contributed by atoms with E-state index in [2.05, 4.69) is 40.9 Å². The number of carbonyl (C=O) groups excluding carboxylic acids is 1. The molecule has 0 fully saturated rings. The Balaban J connectivity index is 0.00000243. The number of hydrogen-bond acceptors (Lipinski definition) is 6. The number of thioether (sulfide) groups is 1. The molecule has 3 rings (SSSR count). The van der Waals surface area contributed by atoms with Crippen molar-refractivity contribution in [1.29, 1.82) is 0 Å². The fraction of sp³-hybridized carbons (Fsp3) is 0.368. The molecule has 1 unspecified atom stereocenters. The average molecular weight is 391 g/mol. The Bertz CT molecular complexity index is 838. The minimum atomic E-state index is -0.331. The molecule has 1 aromatic heterocycles. The molecule has 1 aromatic carbocycles. The van der Waals surface area contributed by atoms with Crippen LogP contribution in [0.2, 0.25) is 0 Å². The molecule has 2 heterocycles. The monoisotopic (exact) mass is 390 g/mol. The molecule has 0 saturated carbocycles. The first-order valence-corrected chi connectivity index (χ1v) is 9.26. The van der Waals surface area contributed by atoms with Gasteiger partial charge in [0, 0.05) is 18.4 Å². The van der Waals surface area contributed by atoms with E-state index in [1.807, 2.05) is 13.0 Å². The third-order valence-electron chi connectivity index (χ3n) is 4.51. The van der Waals surface area contributed by atoms with Crippen LogP contribution < -0.4 is 5.73 Å². The van der Waals surface area contributed by atoms with Crippen molar-refractivity contribution in [3.8, 4) is 0 Å². The molecule has 0 aliphatic carbocycles. The predicted octanol–water partition coefficient (Wildman–Crippen LogP) is 3.61. The van der Waals surface area contributed by atoms with Crippen LogP contribution in [0.5, 0.6) is 0 Å². The van der Waals surface area contributed by atoms with E-state index < -0.39 is 0 Å². The highest BCUT2D eigenvalue weighted by molar-refractivity contribution is 8.13. The van der Waals surface area contributed by atoms with E-state index in [1.54, 1.807) is 18.0 Å². The smallest absolute Gasteiger partial charge is 0.187 e. The van der Waals surface area contributed by atoms with Gasteiger partial charge in [0.1, 0.15) is 5.69 Å². The number of rotatable bonds is 4.